The van der Waals surface area contributed by atoms with Crippen molar-refractivity contribution in [2.75, 3.05) is 13.1 Å². The second-order valence-electron chi connectivity index (χ2n) is 4.81. The first-order valence-corrected chi connectivity index (χ1v) is 6.60. The molecule has 0 fully saturated rings. The summed E-state index contributed by atoms with van der Waals surface area (Å²) in [6.45, 7) is 9.40. The van der Waals surface area contributed by atoms with Crippen LogP contribution in [-0.4, -0.2) is 28.5 Å². The van der Waals surface area contributed by atoms with Gasteiger partial charge in [-0.25, -0.2) is 4.98 Å². The van der Waals surface area contributed by atoms with Crippen LogP contribution in [0.25, 0.3) is 0 Å². The summed E-state index contributed by atoms with van der Waals surface area (Å²) in [4.78, 5) is 15.7. The summed E-state index contributed by atoms with van der Waals surface area (Å²) >= 11 is 0. The Labute approximate surface area is 109 Å². The molecule has 0 aromatic carbocycles. The standard InChI is InChI=1S/C13H24N4O/c1-4-14-8-12-9-15-10-17(12)6-5-13(18)16-7-11(2)3/h9-11,14H,4-8H2,1-3H3,(H,16,18). The summed E-state index contributed by atoms with van der Waals surface area (Å²) in [6, 6.07) is 0. The molecule has 18 heavy (non-hydrogen) atoms. The lowest BCUT2D eigenvalue weighted by atomic mass is 10.2. The summed E-state index contributed by atoms with van der Waals surface area (Å²) in [7, 11) is 0. The Kier molecular flexibility index (Phi) is 6.43. The number of aryl methyl sites for hydroxylation is 1. The van der Waals surface area contributed by atoms with E-state index in [9.17, 15) is 4.79 Å². The van der Waals surface area contributed by atoms with Crippen LogP contribution in [0, 0.1) is 5.92 Å². The first-order valence-electron chi connectivity index (χ1n) is 6.60. The number of rotatable bonds is 8. The van der Waals surface area contributed by atoms with E-state index in [1.807, 2.05) is 10.8 Å². The van der Waals surface area contributed by atoms with Crippen molar-refractivity contribution >= 4 is 5.91 Å². The minimum atomic E-state index is 0.104. The number of hydrogen-bond donors (Lipinski definition) is 2. The summed E-state index contributed by atoms with van der Waals surface area (Å²) in [5, 5.41) is 6.18. The molecule has 0 unspecified atom stereocenters. The third-order valence-corrected chi connectivity index (χ3v) is 2.64. The average Bonchev–Trinajstić information content (AvgIpc) is 2.78. The quantitative estimate of drug-likeness (QED) is 0.730. The molecule has 1 aromatic rings. The highest BCUT2D eigenvalue weighted by atomic mass is 16.1. The number of hydrogen-bond acceptors (Lipinski definition) is 3. The monoisotopic (exact) mass is 252 g/mol. The topological polar surface area (TPSA) is 59.0 Å². The third-order valence-electron chi connectivity index (χ3n) is 2.64. The van der Waals surface area contributed by atoms with Crippen molar-refractivity contribution in [1.82, 2.24) is 20.2 Å². The molecule has 1 aromatic heterocycles. The van der Waals surface area contributed by atoms with E-state index in [-0.39, 0.29) is 5.91 Å². The molecule has 0 aliphatic carbocycles. The minimum Gasteiger partial charge on any atom is -0.356 e. The Morgan fingerprint density at radius 2 is 2.28 bits per heavy atom. The lowest BCUT2D eigenvalue weighted by molar-refractivity contribution is -0.121. The Morgan fingerprint density at radius 1 is 1.50 bits per heavy atom. The molecule has 5 nitrogen and oxygen atoms in total. The van der Waals surface area contributed by atoms with Gasteiger partial charge in [0.25, 0.3) is 0 Å². The van der Waals surface area contributed by atoms with Gasteiger partial charge in [0.1, 0.15) is 0 Å². The first kappa shape index (κ1) is 14.7. The molecule has 0 spiro atoms. The molecule has 2 N–H and O–H groups in total. The van der Waals surface area contributed by atoms with Crippen molar-refractivity contribution in [2.24, 2.45) is 5.92 Å². The van der Waals surface area contributed by atoms with Gasteiger partial charge in [-0.3, -0.25) is 4.79 Å². The van der Waals surface area contributed by atoms with Gasteiger partial charge in [-0.15, -0.1) is 0 Å². The van der Waals surface area contributed by atoms with Crippen molar-refractivity contribution in [3.8, 4) is 0 Å². The molecule has 0 radical (unpaired) electrons. The van der Waals surface area contributed by atoms with E-state index in [0.717, 1.165) is 25.3 Å². The maximum Gasteiger partial charge on any atom is 0.221 e. The Hall–Kier alpha value is -1.36. The zero-order valence-electron chi connectivity index (χ0n) is 11.6. The number of carbonyl (C=O) groups is 1. The molecule has 5 heteroatoms. The van der Waals surface area contributed by atoms with Crippen molar-refractivity contribution < 1.29 is 4.79 Å². The number of amides is 1. The Bertz CT molecular complexity index is 360. The van der Waals surface area contributed by atoms with Gasteiger partial charge >= 0.3 is 0 Å². The summed E-state index contributed by atoms with van der Waals surface area (Å²) in [5.41, 5.74) is 1.12. The SMILES string of the molecule is CCNCc1cncn1CCC(=O)NCC(C)C. The molecule has 0 bridgehead atoms. The highest BCUT2D eigenvalue weighted by Gasteiger charge is 2.05. The molecule has 102 valence electrons. The van der Waals surface area contributed by atoms with Crippen LogP contribution in [-0.2, 0) is 17.9 Å². The van der Waals surface area contributed by atoms with Crippen LogP contribution in [0.15, 0.2) is 12.5 Å². The average molecular weight is 252 g/mol. The summed E-state index contributed by atoms with van der Waals surface area (Å²) < 4.78 is 2.03. The highest BCUT2D eigenvalue weighted by Crippen LogP contribution is 2.01. The van der Waals surface area contributed by atoms with Gasteiger partial charge in [0.2, 0.25) is 5.91 Å². The second kappa shape index (κ2) is 7.87. The number of imidazole rings is 1. The fourth-order valence-electron chi connectivity index (χ4n) is 1.58. The van der Waals surface area contributed by atoms with Gasteiger partial charge in [-0.05, 0) is 12.5 Å². The van der Waals surface area contributed by atoms with Crippen LogP contribution in [0.2, 0.25) is 0 Å². The van der Waals surface area contributed by atoms with Gasteiger partial charge in [0.05, 0.1) is 12.0 Å². The van der Waals surface area contributed by atoms with E-state index in [1.165, 1.54) is 0 Å². The molecule has 0 aliphatic heterocycles. The number of nitrogens with one attached hydrogen (secondary N) is 2. The van der Waals surface area contributed by atoms with Crippen LogP contribution in [0.3, 0.4) is 0 Å². The number of carbonyl (C=O) groups excluding carboxylic acids is 1. The fraction of sp³-hybridized carbons (Fsp3) is 0.692. The van der Waals surface area contributed by atoms with Crippen molar-refractivity contribution in [3.63, 3.8) is 0 Å². The smallest absolute Gasteiger partial charge is 0.221 e. The predicted molar refractivity (Wildman–Crippen MR) is 72.1 cm³/mol. The van der Waals surface area contributed by atoms with Crippen LogP contribution in [0.5, 0.6) is 0 Å². The van der Waals surface area contributed by atoms with Gasteiger partial charge < -0.3 is 15.2 Å². The molecular formula is C13H24N4O. The number of nitrogens with zero attached hydrogens (tertiary/aromatic N) is 2. The fourth-order valence-corrected chi connectivity index (χ4v) is 1.58. The lowest BCUT2D eigenvalue weighted by Gasteiger charge is -2.10. The largest absolute Gasteiger partial charge is 0.356 e. The van der Waals surface area contributed by atoms with Crippen molar-refractivity contribution in [2.45, 2.75) is 40.3 Å². The zero-order valence-corrected chi connectivity index (χ0v) is 11.6. The normalized spacial score (nSPS) is 10.9. The molecule has 1 rings (SSSR count). The van der Waals surface area contributed by atoms with Crippen LogP contribution < -0.4 is 10.6 Å². The Morgan fingerprint density at radius 3 is 2.94 bits per heavy atom. The van der Waals surface area contributed by atoms with Crippen LogP contribution >= 0.6 is 0 Å². The van der Waals surface area contributed by atoms with Crippen molar-refractivity contribution in [1.29, 1.82) is 0 Å². The van der Waals surface area contributed by atoms with E-state index in [1.54, 1.807) is 6.33 Å². The lowest BCUT2D eigenvalue weighted by Crippen LogP contribution is -2.28. The predicted octanol–water partition coefficient (Wildman–Crippen LogP) is 1.15. The zero-order chi connectivity index (χ0) is 13.4. The molecule has 0 aliphatic rings. The van der Waals surface area contributed by atoms with Crippen LogP contribution in [0.1, 0.15) is 32.9 Å². The van der Waals surface area contributed by atoms with E-state index in [4.69, 9.17) is 0 Å². The second-order valence-corrected chi connectivity index (χ2v) is 4.81. The molecular weight excluding hydrogens is 228 g/mol. The molecule has 1 amide bonds. The van der Waals surface area contributed by atoms with E-state index in [0.29, 0.717) is 18.9 Å². The van der Waals surface area contributed by atoms with Gasteiger partial charge in [-0.1, -0.05) is 20.8 Å². The summed E-state index contributed by atoms with van der Waals surface area (Å²) in [5.74, 6) is 0.596. The number of aromatic nitrogens is 2. The van der Waals surface area contributed by atoms with E-state index in [2.05, 4.69) is 36.4 Å². The maximum absolute atomic E-state index is 11.6. The minimum absolute atomic E-state index is 0.104. The third kappa shape index (κ3) is 5.31. The van der Waals surface area contributed by atoms with Crippen LogP contribution in [0.4, 0.5) is 0 Å². The molecule has 1 heterocycles. The van der Waals surface area contributed by atoms with Gasteiger partial charge in [0, 0.05) is 32.3 Å². The van der Waals surface area contributed by atoms with Gasteiger partial charge in [0.15, 0.2) is 0 Å². The molecule has 0 saturated heterocycles. The van der Waals surface area contributed by atoms with E-state index < -0.39 is 0 Å². The molecule has 0 saturated carbocycles. The highest BCUT2D eigenvalue weighted by molar-refractivity contribution is 5.75. The Balaban J connectivity index is 2.34. The molecule has 0 atom stereocenters. The van der Waals surface area contributed by atoms with Crippen molar-refractivity contribution in [3.05, 3.63) is 18.2 Å². The maximum atomic E-state index is 11.6. The van der Waals surface area contributed by atoms with Gasteiger partial charge in [-0.2, -0.15) is 0 Å². The summed E-state index contributed by atoms with van der Waals surface area (Å²) in [6.07, 6.45) is 4.12. The first-order chi connectivity index (χ1) is 8.63. The van der Waals surface area contributed by atoms with E-state index >= 15 is 0 Å².